The molecule has 1 aliphatic heterocycles. The van der Waals surface area contributed by atoms with E-state index in [1.54, 1.807) is 0 Å². The number of nitrogens with zero attached hydrogens (tertiary/aromatic N) is 2. The van der Waals surface area contributed by atoms with E-state index in [-0.39, 0.29) is 6.54 Å². The van der Waals surface area contributed by atoms with Crippen molar-refractivity contribution in [3.05, 3.63) is 35.4 Å². The molecule has 1 aliphatic rings. The van der Waals surface area contributed by atoms with Gasteiger partial charge in [0, 0.05) is 32.2 Å². The number of hydrogen-bond acceptors (Lipinski definition) is 3. The molecule has 2 rings (SSSR count). The third-order valence-electron chi connectivity index (χ3n) is 3.95. The van der Waals surface area contributed by atoms with Crippen LogP contribution < -0.4 is 0 Å². The van der Waals surface area contributed by atoms with E-state index in [9.17, 15) is 4.79 Å². The van der Waals surface area contributed by atoms with Crippen LogP contribution in [-0.4, -0.2) is 53.6 Å². The van der Waals surface area contributed by atoms with Gasteiger partial charge >= 0.3 is 5.97 Å². The van der Waals surface area contributed by atoms with Crippen molar-refractivity contribution in [1.29, 1.82) is 0 Å². The van der Waals surface area contributed by atoms with E-state index in [1.807, 2.05) is 4.90 Å². The highest BCUT2D eigenvalue weighted by atomic mass is 16.4. The Bertz CT molecular complexity index is 440. The zero-order valence-electron chi connectivity index (χ0n) is 11.7. The van der Waals surface area contributed by atoms with Gasteiger partial charge in [0.1, 0.15) is 0 Å². The molecule has 1 N–H and O–H groups in total. The molecule has 104 valence electrons. The maximum atomic E-state index is 10.7. The predicted octanol–water partition coefficient (Wildman–Crippen LogP) is 1.76. The minimum Gasteiger partial charge on any atom is -0.480 e. The largest absolute Gasteiger partial charge is 0.480 e. The monoisotopic (exact) mass is 262 g/mol. The number of piperazine rings is 1. The molecular weight excluding hydrogens is 240 g/mol. The Labute approximate surface area is 114 Å². The van der Waals surface area contributed by atoms with Crippen LogP contribution in [0.5, 0.6) is 0 Å². The van der Waals surface area contributed by atoms with Crippen molar-refractivity contribution in [2.45, 2.75) is 19.9 Å². The second-order valence-corrected chi connectivity index (χ2v) is 5.24. The van der Waals surface area contributed by atoms with E-state index in [2.05, 4.69) is 43.0 Å². The van der Waals surface area contributed by atoms with E-state index in [4.69, 9.17) is 5.11 Å². The average Bonchev–Trinajstić information content (AvgIpc) is 2.39. The van der Waals surface area contributed by atoms with Crippen LogP contribution in [0.25, 0.3) is 0 Å². The van der Waals surface area contributed by atoms with Gasteiger partial charge in [-0.1, -0.05) is 24.3 Å². The lowest BCUT2D eigenvalue weighted by Gasteiger charge is -2.38. The van der Waals surface area contributed by atoms with Crippen molar-refractivity contribution in [3.8, 4) is 0 Å². The summed E-state index contributed by atoms with van der Waals surface area (Å²) in [5, 5.41) is 8.80. The lowest BCUT2D eigenvalue weighted by Crippen LogP contribution is -2.48. The molecule has 0 saturated carbocycles. The fourth-order valence-electron chi connectivity index (χ4n) is 2.75. The highest BCUT2D eigenvalue weighted by molar-refractivity contribution is 5.69. The van der Waals surface area contributed by atoms with Gasteiger partial charge in [0.25, 0.3) is 0 Å². The number of aryl methyl sites for hydroxylation is 1. The van der Waals surface area contributed by atoms with E-state index in [1.165, 1.54) is 11.1 Å². The molecule has 19 heavy (non-hydrogen) atoms. The Balaban J connectivity index is 1.94. The standard InChI is InChI=1S/C15H22N2O2/c1-12-5-3-4-6-14(12)13(2)17-9-7-16(8-10-17)11-15(18)19/h3-6,13H,7-11H2,1-2H3,(H,18,19). The van der Waals surface area contributed by atoms with Crippen molar-refractivity contribution >= 4 is 5.97 Å². The van der Waals surface area contributed by atoms with Crippen molar-refractivity contribution < 1.29 is 9.90 Å². The molecule has 0 spiro atoms. The summed E-state index contributed by atoms with van der Waals surface area (Å²) in [7, 11) is 0. The van der Waals surface area contributed by atoms with E-state index < -0.39 is 5.97 Å². The van der Waals surface area contributed by atoms with Gasteiger partial charge in [0.05, 0.1) is 6.54 Å². The zero-order valence-corrected chi connectivity index (χ0v) is 11.7. The normalized spacial score (nSPS) is 19.3. The van der Waals surface area contributed by atoms with E-state index in [0.29, 0.717) is 6.04 Å². The molecule has 1 aromatic rings. The predicted molar refractivity (Wildman–Crippen MR) is 75.2 cm³/mol. The molecule has 0 radical (unpaired) electrons. The number of carboxylic acids is 1. The molecule has 1 fully saturated rings. The molecule has 0 aliphatic carbocycles. The second kappa shape index (κ2) is 6.17. The summed E-state index contributed by atoms with van der Waals surface area (Å²) in [5.41, 5.74) is 2.69. The van der Waals surface area contributed by atoms with Crippen LogP contribution in [0, 0.1) is 6.92 Å². The van der Waals surface area contributed by atoms with Crippen molar-refractivity contribution in [2.75, 3.05) is 32.7 Å². The Hall–Kier alpha value is -1.39. The number of carboxylic acid groups (broad SMARTS) is 1. The summed E-state index contributed by atoms with van der Waals surface area (Å²) in [6, 6.07) is 8.87. The summed E-state index contributed by atoms with van der Waals surface area (Å²) in [5.74, 6) is -0.736. The summed E-state index contributed by atoms with van der Waals surface area (Å²) in [4.78, 5) is 15.1. The summed E-state index contributed by atoms with van der Waals surface area (Å²) >= 11 is 0. The van der Waals surface area contributed by atoms with Crippen molar-refractivity contribution in [1.82, 2.24) is 9.80 Å². The van der Waals surface area contributed by atoms with Crippen LogP contribution in [-0.2, 0) is 4.79 Å². The lowest BCUT2D eigenvalue weighted by atomic mass is 10.0. The Morgan fingerprint density at radius 1 is 1.26 bits per heavy atom. The smallest absolute Gasteiger partial charge is 0.317 e. The van der Waals surface area contributed by atoms with E-state index >= 15 is 0 Å². The van der Waals surface area contributed by atoms with Crippen LogP contribution in [0.1, 0.15) is 24.1 Å². The molecule has 1 atom stereocenters. The summed E-state index contributed by atoms with van der Waals surface area (Å²) in [6.45, 7) is 8.07. The van der Waals surface area contributed by atoms with Gasteiger partial charge in [-0.05, 0) is 25.0 Å². The SMILES string of the molecule is Cc1ccccc1C(C)N1CCN(CC(=O)O)CC1. The topological polar surface area (TPSA) is 43.8 Å². The number of rotatable bonds is 4. The molecule has 1 heterocycles. The third-order valence-corrected chi connectivity index (χ3v) is 3.95. The molecule has 0 amide bonds. The minimum atomic E-state index is -0.736. The molecule has 1 saturated heterocycles. The number of carbonyl (C=O) groups is 1. The number of hydrogen-bond donors (Lipinski definition) is 1. The van der Waals surface area contributed by atoms with E-state index in [0.717, 1.165) is 26.2 Å². The highest BCUT2D eigenvalue weighted by Gasteiger charge is 2.23. The third kappa shape index (κ3) is 3.55. The van der Waals surface area contributed by atoms with Crippen LogP contribution >= 0.6 is 0 Å². The van der Waals surface area contributed by atoms with Gasteiger partial charge < -0.3 is 5.11 Å². The Morgan fingerprint density at radius 3 is 2.47 bits per heavy atom. The van der Waals surface area contributed by atoms with Gasteiger partial charge in [-0.15, -0.1) is 0 Å². The average molecular weight is 262 g/mol. The Morgan fingerprint density at radius 2 is 1.89 bits per heavy atom. The molecular formula is C15H22N2O2. The lowest BCUT2D eigenvalue weighted by molar-refractivity contribution is -0.138. The molecule has 0 aromatic heterocycles. The van der Waals surface area contributed by atoms with Gasteiger partial charge in [-0.3, -0.25) is 14.6 Å². The van der Waals surface area contributed by atoms with Crippen LogP contribution in [0.15, 0.2) is 24.3 Å². The number of aliphatic carboxylic acids is 1. The maximum absolute atomic E-state index is 10.7. The van der Waals surface area contributed by atoms with Gasteiger partial charge in [-0.2, -0.15) is 0 Å². The summed E-state index contributed by atoms with van der Waals surface area (Å²) in [6.07, 6.45) is 0. The fourth-order valence-corrected chi connectivity index (χ4v) is 2.75. The summed E-state index contributed by atoms with van der Waals surface area (Å²) < 4.78 is 0. The first kappa shape index (κ1) is 14.0. The van der Waals surface area contributed by atoms with Gasteiger partial charge in [-0.25, -0.2) is 0 Å². The van der Waals surface area contributed by atoms with Crippen LogP contribution in [0.3, 0.4) is 0 Å². The Kier molecular flexibility index (Phi) is 4.56. The van der Waals surface area contributed by atoms with Crippen molar-refractivity contribution in [3.63, 3.8) is 0 Å². The van der Waals surface area contributed by atoms with Gasteiger partial charge in [0.2, 0.25) is 0 Å². The highest BCUT2D eigenvalue weighted by Crippen LogP contribution is 2.24. The molecule has 1 aromatic carbocycles. The fraction of sp³-hybridized carbons (Fsp3) is 0.533. The van der Waals surface area contributed by atoms with Crippen LogP contribution in [0.4, 0.5) is 0 Å². The first-order valence-electron chi connectivity index (χ1n) is 6.81. The molecule has 0 bridgehead atoms. The van der Waals surface area contributed by atoms with Gasteiger partial charge in [0.15, 0.2) is 0 Å². The molecule has 4 heteroatoms. The quantitative estimate of drug-likeness (QED) is 0.898. The van der Waals surface area contributed by atoms with Crippen molar-refractivity contribution in [2.24, 2.45) is 0 Å². The first-order valence-corrected chi connectivity index (χ1v) is 6.81. The zero-order chi connectivity index (χ0) is 13.8. The second-order valence-electron chi connectivity index (χ2n) is 5.24. The van der Waals surface area contributed by atoms with Crippen LogP contribution in [0.2, 0.25) is 0 Å². The minimum absolute atomic E-state index is 0.159. The first-order chi connectivity index (χ1) is 9.08. The number of benzene rings is 1. The maximum Gasteiger partial charge on any atom is 0.317 e. The molecule has 1 unspecified atom stereocenters. The molecule has 4 nitrogen and oxygen atoms in total.